The molecule has 0 aliphatic rings. The minimum atomic E-state index is -0.249. The first kappa shape index (κ1) is 15.1. The number of halogens is 2. The van der Waals surface area contributed by atoms with Crippen molar-refractivity contribution in [2.45, 2.75) is 26.8 Å². The van der Waals surface area contributed by atoms with E-state index in [1.165, 1.54) is 6.07 Å². The minimum absolute atomic E-state index is 0.249. The largest absolute Gasteiger partial charge is 0.397 e. The summed E-state index contributed by atoms with van der Waals surface area (Å²) in [5, 5.41) is 7.57. The third-order valence-corrected chi connectivity index (χ3v) is 3.88. The Morgan fingerprint density at radius 3 is 2.75 bits per heavy atom. The van der Waals surface area contributed by atoms with Crippen molar-refractivity contribution in [1.29, 1.82) is 0 Å². The number of aromatic nitrogens is 2. The molecule has 2 aromatic rings. The van der Waals surface area contributed by atoms with Crippen molar-refractivity contribution < 1.29 is 4.39 Å². The van der Waals surface area contributed by atoms with Gasteiger partial charge in [0.15, 0.2) is 0 Å². The fourth-order valence-electron chi connectivity index (χ4n) is 2.07. The third-order valence-electron chi connectivity index (χ3n) is 3.06. The number of nitrogens with two attached hydrogens (primary N) is 1. The highest BCUT2D eigenvalue weighted by Gasteiger charge is 2.05. The molecule has 0 bridgehead atoms. The van der Waals surface area contributed by atoms with Gasteiger partial charge in [0, 0.05) is 24.8 Å². The van der Waals surface area contributed by atoms with Gasteiger partial charge >= 0.3 is 0 Å². The predicted octanol–water partition coefficient (Wildman–Crippen LogP) is 3.33. The van der Waals surface area contributed by atoms with Crippen LogP contribution < -0.4 is 11.1 Å². The quantitative estimate of drug-likeness (QED) is 0.470. The Balaban J connectivity index is 1.87. The molecule has 0 unspecified atom stereocenters. The number of benzene rings is 1. The van der Waals surface area contributed by atoms with Crippen molar-refractivity contribution in [3.05, 3.63) is 39.0 Å². The van der Waals surface area contributed by atoms with Gasteiger partial charge in [-0.2, -0.15) is 5.10 Å². The molecule has 4 nitrogen and oxygen atoms in total. The Morgan fingerprint density at radius 2 is 2.10 bits per heavy atom. The van der Waals surface area contributed by atoms with Crippen LogP contribution in [0.3, 0.4) is 0 Å². The van der Waals surface area contributed by atoms with Crippen molar-refractivity contribution in [1.82, 2.24) is 9.78 Å². The summed E-state index contributed by atoms with van der Waals surface area (Å²) < 4.78 is 16.0. The van der Waals surface area contributed by atoms with Gasteiger partial charge in [0.05, 0.1) is 20.6 Å². The fourth-order valence-corrected chi connectivity index (χ4v) is 2.56. The van der Waals surface area contributed by atoms with E-state index in [4.69, 9.17) is 5.73 Å². The predicted molar refractivity (Wildman–Crippen MR) is 88.3 cm³/mol. The van der Waals surface area contributed by atoms with Crippen LogP contribution in [0.4, 0.5) is 15.8 Å². The topological polar surface area (TPSA) is 55.9 Å². The van der Waals surface area contributed by atoms with Crippen molar-refractivity contribution >= 4 is 34.0 Å². The molecule has 0 radical (unpaired) electrons. The number of nitrogens with one attached hydrogen (secondary N) is 1. The van der Waals surface area contributed by atoms with Gasteiger partial charge in [-0.3, -0.25) is 4.68 Å². The summed E-state index contributed by atoms with van der Waals surface area (Å²) in [6, 6.07) is 5.14. The number of nitrogens with zero attached hydrogens (tertiary/aromatic N) is 2. The molecule has 1 heterocycles. The van der Waals surface area contributed by atoms with E-state index in [0.717, 1.165) is 30.9 Å². The Hall–Kier alpha value is -1.31. The molecule has 0 saturated heterocycles. The van der Waals surface area contributed by atoms with Crippen LogP contribution in [-0.4, -0.2) is 16.3 Å². The molecule has 108 valence electrons. The van der Waals surface area contributed by atoms with Crippen LogP contribution in [-0.2, 0) is 6.54 Å². The molecule has 0 amide bonds. The lowest BCUT2D eigenvalue weighted by atomic mass is 10.2. The SMILES string of the molecule is Cc1cc(C)n(CCCNc2cc(F)c(I)cc2N)n1. The molecule has 1 aromatic carbocycles. The first-order chi connectivity index (χ1) is 9.47. The maximum absolute atomic E-state index is 13.5. The summed E-state index contributed by atoms with van der Waals surface area (Å²) in [5.74, 6) is -0.249. The highest BCUT2D eigenvalue weighted by Crippen LogP contribution is 2.23. The van der Waals surface area contributed by atoms with Gasteiger partial charge in [0.2, 0.25) is 0 Å². The number of hydrogen-bond donors (Lipinski definition) is 2. The van der Waals surface area contributed by atoms with Crippen molar-refractivity contribution in [3.8, 4) is 0 Å². The summed E-state index contributed by atoms with van der Waals surface area (Å²) in [6.07, 6.45) is 0.898. The van der Waals surface area contributed by atoms with E-state index in [1.807, 2.05) is 41.1 Å². The second-order valence-corrected chi connectivity index (χ2v) is 5.95. The van der Waals surface area contributed by atoms with Crippen molar-refractivity contribution in [2.24, 2.45) is 0 Å². The molecule has 0 aliphatic carbocycles. The Labute approximate surface area is 131 Å². The standard InChI is InChI=1S/C14H18FIN4/c1-9-6-10(2)20(19-9)5-3-4-18-14-7-11(15)12(16)8-13(14)17/h6-8,18H,3-5,17H2,1-2H3. The van der Waals surface area contributed by atoms with Gasteiger partial charge in [-0.05, 0) is 55.0 Å². The van der Waals surface area contributed by atoms with E-state index in [0.29, 0.717) is 14.9 Å². The molecule has 1 aromatic heterocycles. The Kier molecular flexibility index (Phi) is 4.85. The molecular formula is C14H18FIN4. The van der Waals surface area contributed by atoms with Crippen LogP contribution in [0, 0.1) is 23.2 Å². The van der Waals surface area contributed by atoms with E-state index in [1.54, 1.807) is 6.07 Å². The van der Waals surface area contributed by atoms with Gasteiger partial charge < -0.3 is 11.1 Å². The molecule has 0 fully saturated rings. The van der Waals surface area contributed by atoms with E-state index in [9.17, 15) is 4.39 Å². The molecule has 0 spiro atoms. The van der Waals surface area contributed by atoms with Crippen LogP contribution in [0.2, 0.25) is 0 Å². The van der Waals surface area contributed by atoms with E-state index >= 15 is 0 Å². The van der Waals surface area contributed by atoms with Gasteiger partial charge in [-0.1, -0.05) is 0 Å². The van der Waals surface area contributed by atoms with Crippen LogP contribution in [0.15, 0.2) is 18.2 Å². The van der Waals surface area contributed by atoms with Crippen LogP contribution in [0.25, 0.3) is 0 Å². The first-order valence-corrected chi connectivity index (χ1v) is 7.54. The van der Waals surface area contributed by atoms with Crippen molar-refractivity contribution in [2.75, 3.05) is 17.6 Å². The zero-order valence-corrected chi connectivity index (χ0v) is 13.7. The monoisotopic (exact) mass is 388 g/mol. The number of hydrogen-bond acceptors (Lipinski definition) is 3. The maximum atomic E-state index is 13.5. The van der Waals surface area contributed by atoms with Gasteiger partial charge in [0.25, 0.3) is 0 Å². The summed E-state index contributed by atoms with van der Waals surface area (Å²) in [6.45, 7) is 5.58. The van der Waals surface area contributed by atoms with Crippen LogP contribution >= 0.6 is 22.6 Å². The number of nitrogen functional groups attached to an aromatic ring is 1. The second kappa shape index (κ2) is 6.43. The molecule has 6 heteroatoms. The molecule has 2 rings (SSSR count). The summed E-state index contributed by atoms with van der Waals surface area (Å²) in [5.41, 5.74) is 9.26. The molecular weight excluding hydrogens is 370 g/mol. The highest BCUT2D eigenvalue weighted by atomic mass is 127. The van der Waals surface area contributed by atoms with Gasteiger partial charge in [-0.25, -0.2) is 4.39 Å². The highest BCUT2D eigenvalue weighted by molar-refractivity contribution is 14.1. The zero-order chi connectivity index (χ0) is 14.7. The van der Waals surface area contributed by atoms with E-state index in [-0.39, 0.29) is 5.82 Å². The summed E-state index contributed by atoms with van der Waals surface area (Å²) >= 11 is 1.93. The third kappa shape index (κ3) is 3.62. The average Bonchev–Trinajstić information content (AvgIpc) is 2.69. The lowest BCUT2D eigenvalue weighted by Gasteiger charge is -2.11. The van der Waals surface area contributed by atoms with Crippen LogP contribution in [0.1, 0.15) is 17.8 Å². The Bertz CT molecular complexity index is 609. The fraction of sp³-hybridized carbons (Fsp3) is 0.357. The van der Waals surface area contributed by atoms with E-state index < -0.39 is 0 Å². The molecule has 0 saturated carbocycles. The lowest BCUT2D eigenvalue weighted by Crippen LogP contribution is -2.10. The second-order valence-electron chi connectivity index (χ2n) is 4.78. The maximum Gasteiger partial charge on any atom is 0.138 e. The van der Waals surface area contributed by atoms with Gasteiger partial charge in [0.1, 0.15) is 5.82 Å². The normalized spacial score (nSPS) is 10.8. The number of aryl methyl sites for hydroxylation is 3. The molecule has 20 heavy (non-hydrogen) atoms. The number of anilines is 2. The number of rotatable bonds is 5. The molecule has 0 atom stereocenters. The van der Waals surface area contributed by atoms with E-state index in [2.05, 4.69) is 16.5 Å². The van der Waals surface area contributed by atoms with Crippen LogP contribution in [0.5, 0.6) is 0 Å². The van der Waals surface area contributed by atoms with Crippen molar-refractivity contribution in [3.63, 3.8) is 0 Å². The Morgan fingerprint density at radius 1 is 1.35 bits per heavy atom. The minimum Gasteiger partial charge on any atom is -0.397 e. The average molecular weight is 388 g/mol. The summed E-state index contributed by atoms with van der Waals surface area (Å²) in [7, 11) is 0. The smallest absolute Gasteiger partial charge is 0.138 e. The first-order valence-electron chi connectivity index (χ1n) is 6.47. The lowest BCUT2D eigenvalue weighted by molar-refractivity contribution is 0.573. The summed E-state index contributed by atoms with van der Waals surface area (Å²) in [4.78, 5) is 0. The molecule has 0 aliphatic heterocycles. The molecule has 3 N–H and O–H groups in total. The van der Waals surface area contributed by atoms with Gasteiger partial charge in [-0.15, -0.1) is 0 Å². The zero-order valence-electron chi connectivity index (χ0n) is 11.6.